The van der Waals surface area contributed by atoms with Gasteiger partial charge in [-0.25, -0.2) is 9.97 Å². The summed E-state index contributed by atoms with van der Waals surface area (Å²) in [5, 5.41) is 11.4. The SMILES string of the molecule is NCCNC(=O)c1ccc(-c2c3nc(c(-c4ccc(C(=O)NCCN)cc4)c4ccc([nH]4)c(-c4ccc(C(=O)NCCN)cc4)c4nc(c(-c5ccc(C(=O)NCCN)cc5)c5ccc2[nH]5)C=C4)C=C3)cc1. The average molecular weight is 959 g/mol. The lowest BCUT2D eigenvalue weighted by atomic mass is 10.0. The number of H-pyrrole nitrogens is 2. The van der Waals surface area contributed by atoms with Gasteiger partial charge in [-0.15, -0.1) is 0 Å². The highest BCUT2D eigenvalue weighted by atomic mass is 16.2. The first-order valence-corrected chi connectivity index (χ1v) is 23.7. The molecule has 72 heavy (non-hydrogen) atoms. The molecule has 8 bridgehead atoms. The van der Waals surface area contributed by atoms with Gasteiger partial charge in [0.1, 0.15) is 0 Å². The molecular formula is C56H54N12O4. The van der Waals surface area contributed by atoms with E-state index in [0.29, 0.717) is 97.4 Å². The van der Waals surface area contributed by atoms with E-state index < -0.39 is 0 Å². The number of nitrogens with zero attached hydrogens (tertiary/aromatic N) is 2. The second-order valence-electron chi connectivity index (χ2n) is 17.0. The molecule has 9 rings (SSSR count). The van der Waals surface area contributed by atoms with E-state index in [2.05, 4.69) is 31.2 Å². The van der Waals surface area contributed by atoms with Crippen molar-refractivity contribution in [2.24, 2.45) is 22.9 Å². The highest BCUT2D eigenvalue weighted by Gasteiger charge is 2.21. The van der Waals surface area contributed by atoms with E-state index in [-0.39, 0.29) is 23.6 Å². The van der Waals surface area contributed by atoms with Crippen LogP contribution in [0.3, 0.4) is 0 Å². The molecule has 16 heteroatoms. The molecule has 0 atom stereocenters. The maximum absolute atomic E-state index is 13.0. The molecule has 0 saturated heterocycles. The van der Waals surface area contributed by atoms with Gasteiger partial charge >= 0.3 is 0 Å². The van der Waals surface area contributed by atoms with Crippen molar-refractivity contribution < 1.29 is 19.2 Å². The number of aromatic nitrogens is 4. The third kappa shape index (κ3) is 10.2. The monoisotopic (exact) mass is 958 g/mol. The molecule has 7 aromatic rings. The fourth-order valence-electron chi connectivity index (χ4n) is 8.72. The van der Waals surface area contributed by atoms with Gasteiger partial charge in [-0.05, 0) is 119 Å². The molecule has 5 heterocycles. The Bertz CT molecular complexity index is 2970. The number of aromatic amines is 2. The first kappa shape index (κ1) is 48.2. The minimum absolute atomic E-state index is 0.231. The molecule has 0 aliphatic carbocycles. The first-order valence-electron chi connectivity index (χ1n) is 23.7. The molecule has 16 nitrogen and oxygen atoms in total. The number of nitrogens with one attached hydrogen (secondary N) is 6. The lowest BCUT2D eigenvalue weighted by molar-refractivity contribution is 0.0946. The molecule has 0 spiro atoms. The molecular weight excluding hydrogens is 905 g/mol. The summed E-state index contributed by atoms with van der Waals surface area (Å²) in [6, 6.07) is 37.4. The molecule has 3 aromatic heterocycles. The zero-order valence-electron chi connectivity index (χ0n) is 39.4. The molecule has 0 unspecified atom stereocenters. The lowest BCUT2D eigenvalue weighted by Gasteiger charge is -2.09. The normalized spacial score (nSPS) is 11.6. The van der Waals surface area contributed by atoms with Crippen molar-refractivity contribution in [2.45, 2.75) is 0 Å². The third-order valence-corrected chi connectivity index (χ3v) is 12.2. The number of rotatable bonds is 16. The van der Waals surface area contributed by atoms with Crippen LogP contribution in [0.4, 0.5) is 0 Å². The number of carbonyl (C=O) groups excluding carboxylic acids is 4. The van der Waals surface area contributed by atoms with Gasteiger partial charge < -0.3 is 54.2 Å². The van der Waals surface area contributed by atoms with Crippen LogP contribution in [-0.4, -0.2) is 95.9 Å². The second kappa shape index (κ2) is 21.9. The van der Waals surface area contributed by atoms with Crippen molar-refractivity contribution in [1.82, 2.24) is 41.2 Å². The van der Waals surface area contributed by atoms with E-state index in [1.165, 1.54) is 0 Å². The summed E-state index contributed by atoms with van der Waals surface area (Å²) in [6.07, 6.45) is 7.87. The highest BCUT2D eigenvalue weighted by Crippen LogP contribution is 2.39. The van der Waals surface area contributed by atoms with Crippen LogP contribution in [0.25, 0.3) is 90.9 Å². The zero-order chi connectivity index (χ0) is 50.1. The molecule has 2 aliphatic heterocycles. The van der Waals surface area contributed by atoms with Gasteiger partial charge in [0.25, 0.3) is 23.6 Å². The summed E-state index contributed by atoms with van der Waals surface area (Å²) in [7, 11) is 0. The van der Waals surface area contributed by atoms with Crippen LogP contribution in [-0.2, 0) is 0 Å². The van der Waals surface area contributed by atoms with Crippen molar-refractivity contribution in [2.75, 3.05) is 52.4 Å². The molecule has 4 amide bonds. The maximum atomic E-state index is 13.0. The van der Waals surface area contributed by atoms with Crippen molar-refractivity contribution in [3.63, 3.8) is 0 Å². The fraction of sp³-hybridized carbons (Fsp3) is 0.143. The Balaban J connectivity index is 1.34. The van der Waals surface area contributed by atoms with Crippen LogP contribution < -0.4 is 44.2 Å². The minimum atomic E-state index is -0.231. The molecule has 4 aromatic carbocycles. The van der Waals surface area contributed by atoms with Crippen LogP contribution in [0.1, 0.15) is 64.2 Å². The van der Waals surface area contributed by atoms with Crippen molar-refractivity contribution >= 4 is 70.0 Å². The Morgan fingerprint density at radius 2 is 0.542 bits per heavy atom. The Labute approximate surface area is 415 Å². The fourth-order valence-corrected chi connectivity index (χ4v) is 8.72. The number of hydrogen-bond donors (Lipinski definition) is 10. The summed E-state index contributed by atoms with van der Waals surface area (Å²) in [5.41, 5.74) is 36.4. The largest absolute Gasteiger partial charge is 0.354 e. The van der Waals surface area contributed by atoms with E-state index in [0.717, 1.165) is 66.6 Å². The van der Waals surface area contributed by atoms with Gasteiger partial charge in [0, 0.05) is 119 Å². The Hall–Kier alpha value is -8.80. The Morgan fingerprint density at radius 3 is 0.736 bits per heavy atom. The summed E-state index contributed by atoms with van der Waals surface area (Å²) >= 11 is 0. The Morgan fingerprint density at radius 1 is 0.333 bits per heavy atom. The number of nitrogens with two attached hydrogens (primary N) is 4. The predicted octanol–water partition coefficient (Wildman–Crippen LogP) is 6.08. The molecule has 362 valence electrons. The van der Waals surface area contributed by atoms with Crippen molar-refractivity contribution in [3.05, 3.63) is 166 Å². The van der Waals surface area contributed by atoms with E-state index >= 15 is 0 Å². The average Bonchev–Trinajstić information content (AvgIpc) is 4.28. The summed E-state index contributed by atoms with van der Waals surface area (Å²) in [5.74, 6) is -0.925. The minimum Gasteiger partial charge on any atom is -0.354 e. The lowest BCUT2D eigenvalue weighted by Crippen LogP contribution is -2.28. The molecule has 0 radical (unpaired) electrons. The summed E-state index contributed by atoms with van der Waals surface area (Å²) in [6.45, 7) is 2.66. The van der Waals surface area contributed by atoms with Crippen molar-refractivity contribution in [3.8, 4) is 44.5 Å². The maximum Gasteiger partial charge on any atom is 0.251 e. The van der Waals surface area contributed by atoms with E-state index in [4.69, 9.17) is 32.9 Å². The molecule has 0 saturated carbocycles. The molecule has 2 aliphatic rings. The topological polar surface area (TPSA) is 278 Å². The zero-order valence-corrected chi connectivity index (χ0v) is 39.4. The molecule has 0 fully saturated rings. The number of hydrogen-bond acceptors (Lipinski definition) is 10. The quantitative estimate of drug-likeness (QED) is 0.0533. The second-order valence-corrected chi connectivity index (χ2v) is 17.0. The summed E-state index contributed by atoms with van der Waals surface area (Å²) < 4.78 is 0. The van der Waals surface area contributed by atoms with Crippen LogP contribution in [0.15, 0.2) is 121 Å². The number of fused-ring (bicyclic) bond motifs is 8. The standard InChI is InChI=1S/C56H54N12O4/c57-25-29-61-53(69)37-9-1-33(2-10-37)49-41-17-19-43(65-41)50(34-3-11-38(12-4-34)54(70)62-30-26-58)45-21-23-47(67-45)52(36-7-15-40(16-8-36)56(72)64-32-28-60)48-24-22-46(68-48)51(44-20-18-42(49)66-44)35-5-13-39(14-6-35)55(71)63-31-27-59/h1-24,65,68H,25-32,57-60H2,(H,61,69)(H,62,70)(H,63,71)(H,64,72). The van der Waals surface area contributed by atoms with Crippen LogP contribution in [0, 0.1) is 0 Å². The van der Waals surface area contributed by atoms with E-state index in [1.54, 1.807) is 48.5 Å². The summed E-state index contributed by atoms with van der Waals surface area (Å²) in [4.78, 5) is 70.2. The van der Waals surface area contributed by atoms with Gasteiger partial charge in [0.15, 0.2) is 0 Å². The highest BCUT2D eigenvalue weighted by molar-refractivity contribution is 6.02. The first-order chi connectivity index (χ1) is 35.2. The van der Waals surface area contributed by atoms with E-state index in [1.807, 2.05) is 97.1 Å². The Kier molecular flexibility index (Phi) is 14.7. The smallest absolute Gasteiger partial charge is 0.251 e. The number of benzene rings is 4. The number of carbonyl (C=O) groups is 4. The van der Waals surface area contributed by atoms with Gasteiger partial charge in [0.2, 0.25) is 0 Å². The van der Waals surface area contributed by atoms with Crippen LogP contribution >= 0.6 is 0 Å². The molecule has 14 N–H and O–H groups in total. The number of amides is 4. The van der Waals surface area contributed by atoms with Crippen molar-refractivity contribution in [1.29, 1.82) is 0 Å². The van der Waals surface area contributed by atoms with Gasteiger partial charge in [-0.3, -0.25) is 19.2 Å². The predicted molar refractivity (Wildman–Crippen MR) is 286 cm³/mol. The van der Waals surface area contributed by atoms with Crippen LogP contribution in [0.2, 0.25) is 0 Å². The third-order valence-electron chi connectivity index (χ3n) is 12.2. The van der Waals surface area contributed by atoms with Gasteiger partial charge in [-0.1, -0.05) is 48.5 Å². The van der Waals surface area contributed by atoms with Gasteiger partial charge in [0.05, 0.1) is 22.8 Å². The van der Waals surface area contributed by atoms with E-state index in [9.17, 15) is 19.2 Å². The van der Waals surface area contributed by atoms with Crippen LogP contribution in [0.5, 0.6) is 0 Å². The van der Waals surface area contributed by atoms with Gasteiger partial charge in [-0.2, -0.15) is 0 Å².